The van der Waals surface area contributed by atoms with Crippen LogP contribution in [0.5, 0.6) is 5.75 Å². The molecule has 0 aliphatic rings. The first-order valence-electron chi connectivity index (χ1n) is 4.88. The molecule has 1 rings (SSSR count). The third-order valence-electron chi connectivity index (χ3n) is 2.19. The number of methoxy groups -OCH3 is 1. The second kappa shape index (κ2) is 5.26. The van der Waals surface area contributed by atoms with Gasteiger partial charge in [0.05, 0.1) is 7.11 Å². The van der Waals surface area contributed by atoms with E-state index in [0.29, 0.717) is 10.9 Å². The van der Waals surface area contributed by atoms with Crippen molar-refractivity contribution in [1.82, 2.24) is 0 Å². The van der Waals surface area contributed by atoms with E-state index in [4.69, 9.17) is 10.5 Å². The molecule has 1 unspecified atom stereocenters. The Labute approximate surface area is 94.0 Å². The first-order valence-corrected chi connectivity index (χ1v) is 5.76. The fourth-order valence-corrected chi connectivity index (χ4v) is 2.08. The summed E-state index contributed by atoms with van der Waals surface area (Å²) in [7, 11) is 1.45. The molecule has 2 N–H and O–H groups in total. The summed E-state index contributed by atoms with van der Waals surface area (Å²) in [6.07, 6.45) is 1.05. The van der Waals surface area contributed by atoms with E-state index in [0.717, 1.165) is 11.3 Å². The lowest BCUT2D eigenvalue weighted by molar-refractivity contribution is 0.385. The number of thioether (sulfide) groups is 1. The van der Waals surface area contributed by atoms with Gasteiger partial charge in [-0.15, -0.1) is 11.8 Å². The lowest BCUT2D eigenvalue weighted by Crippen LogP contribution is -1.98. The van der Waals surface area contributed by atoms with E-state index in [2.05, 4.69) is 13.8 Å². The van der Waals surface area contributed by atoms with Gasteiger partial charge in [-0.2, -0.15) is 0 Å². The van der Waals surface area contributed by atoms with Gasteiger partial charge < -0.3 is 10.5 Å². The highest BCUT2D eigenvalue weighted by Gasteiger charge is 2.10. The summed E-state index contributed by atoms with van der Waals surface area (Å²) < 4.78 is 18.1. The van der Waals surface area contributed by atoms with Gasteiger partial charge in [-0.25, -0.2) is 4.39 Å². The molecule has 0 saturated carbocycles. The van der Waals surface area contributed by atoms with Gasteiger partial charge in [-0.05, 0) is 12.5 Å². The maximum atomic E-state index is 13.2. The van der Waals surface area contributed by atoms with Gasteiger partial charge in [0.2, 0.25) is 0 Å². The van der Waals surface area contributed by atoms with E-state index in [-0.39, 0.29) is 5.75 Å². The smallest absolute Gasteiger partial charge is 0.167 e. The Bertz CT molecular complexity index is 344. The molecule has 1 aromatic rings. The van der Waals surface area contributed by atoms with Crippen molar-refractivity contribution in [2.75, 3.05) is 12.8 Å². The Morgan fingerprint density at radius 1 is 1.53 bits per heavy atom. The molecule has 0 saturated heterocycles. The molecule has 0 aliphatic heterocycles. The average molecular weight is 229 g/mol. The Morgan fingerprint density at radius 3 is 2.73 bits per heavy atom. The van der Waals surface area contributed by atoms with Crippen LogP contribution in [0.25, 0.3) is 0 Å². The standard InChI is InChI=1S/C11H16FNOS/c1-4-7(2)15-11-6-10(14-3)8(12)5-9(11)13/h5-7H,4,13H2,1-3H3. The highest BCUT2D eigenvalue weighted by atomic mass is 32.2. The zero-order chi connectivity index (χ0) is 11.4. The van der Waals surface area contributed by atoms with Crippen molar-refractivity contribution in [3.8, 4) is 5.75 Å². The Morgan fingerprint density at radius 2 is 2.20 bits per heavy atom. The van der Waals surface area contributed by atoms with Gasteiger partial charge in [0.15, 0.2) is 11.6 Å². The van der Waals surface area contributed by atoms with Crippen molar-refractivity contribution in [2.24, 2.45) is 0 Å². The molecular weight excluding hydrogens is 213 g/mol. The Balaban J connectivity index is 2.97. The van der Waals surface area contributed by atoms with Gasteiger partial charge >= 0.3 is 0 Å². The largest absolute Gasteiger partial charge is 0.494 e. The van der Waals surface area contributed by atoms with Gasteiger partial charge in [-0.3, -0.25) is 0 Å². The highest BCUT2D eigenvalue weighted by molar-refractivity contribution is 8.00. The topological polar surface area (TPSA) is 35.2 Å². The van der Waals surface area contributed by atoms with E-state index >= 15 is 0 Å². The van der Waals surface area contributed by atoms with E-state index in [1.165, 1.54) is 13.2 Å². The predicted molar refractivity (Wildman–Crippen MR) is 63.0 cm³/mol. The monoisotopic (exact) mass is 229 g/mol. The van der Waals surface area contributed by atoms with Gasteiger partial charge in [0.1, 0.15) is 0 Å². The van der Waals surface area contributed by atoms with Crippen LogP contribution in [0.1, 0.15) is 20.3 Å². The Hall–Kier alpha value is -0.900. The molecular formula is C11H16FNOS. The van der Waals surface area contributed by atoms with Gasteiger partial charge in [0.25, 0.3) is 0 Å². The van der Waals surface area contributed by atoms with Gasteiger partial charge in [-0.1, -0.05) is 13.8 Å². The van der Waals surface area contributed by atoms with E-state index in [1.807, 2.05) is 0 Å². The molecule has 0 spiro atoms. The van der Waals surface area contributed by atoms with Crippen molar-refractivity contribution < 1.29 is 9.13 Å². The van der Waals surface area contributed by atoms with Crippen LogP contribution in [0.3, 0.4) is 0 Å². The van der Waals surface area contributed by atoms with Crippen LogP contribution in [-0.4, -0.2) is 12.4 Å². The highest BCUT2D eigenvalue weighted by Crippen LogP contribution is 2.34. The summed E-state index contributed by atoms with van der Waals surface area (Å²) in [4.78, 5) is 0.877. The third-order valence-corrected chi connectivity index (χ3v) is 3.53. The molecule has 1 aromatic carbocycles. The summed E-state index contributed by atoms with van der Waals surface area (Å²) in [5.41, 5.74) is 6.20. The normalized spacial score (nSPS) is 12.5. The van der Waals surface area contributed by atoms with Crippen LogP contribution in [0, 0.1) is 5.82 Å². The molecule has 1 atom stereocenters. The fourth-order valence-electron chi connectivity index (χ4n) is 1.11. The summed E-state index contributed by atoms with van der Waals surface area (Å²) in [5.74, 6) is -0.168. The fraction of sp³-hybridized carbons (Fsp3) is 0.455. The number of hydrogen-bond acceptors (Lipinski definition) is 3. The number of anilines is 1. The first kappa shape index (κ1) is 12.2. The number of benzene rings is 1. The summed E-state index contributed by atoms with van der Waals surface area (Å²) in [6.45, 7) is 4.22. The molecule has 0 bridgehead atoms. The summed E-state index contributed by atoms with van der Waals surface area (Å²) in [6, 6.07) is 2.96. The van der Waals surface area contributed by atoms with Crippen LogP contribution in [0.15, 0.2) is 17.0 Å². The average Bonchev–Trinajstić information content (AvgIpc) is 2.21. The zero-order valence-corrected chi connectivity index (χ0v) is 10.0. The number of halogens is 1. The van der Waals surface area contributed by atoms with Crippen molar-refractivity contribution in [3.05, 3.63) is 17.9 Å². The van der Waals surface area contributed by atoms with E-state index in [9.17, 15) is 4.39 Å². The molecule has 0 aromatic heterocycles. The minimum Gasteiger partial charge on any atom is -0.494 e. The minimum absolute atomic E-state index is 0.245. The number of ether oxygens (including phenoxy) is 1. The number of hydrogen-bond donors (Lipinski definition) is 1. The van der Waals surface area contributed by atoms with Crippen LogP contribution < -0.4 is 10.5 Å². The van der Waals surface area contributed by atoms with Crippen LogP contribution in [0.2, 0.25) is 0 Å². The van der Waals surface area contributed by atoms with Gasteiger partial charge in [0, 0.05) is 21.9 Å². The number of nitrogen functional groups attached to an aromatic ring is 1. The van der Waals surface area contributed by atoms with Crippen molar-refractivity contribution >= 4 is 17.4 Å². The molecule has 0 heterocycles. The lowest BCUT2D eigenvalue weighted by Gasteiger charge is -2.12. The van der Waals surface area contributed by atoms with Crippen LogP contribution >= 0.6 is 11.8 Å². The zero-order valence-electron chi connectivity index (χ0n) is 9.21. The predicted octanol–water partition coefficient (Wildman–Crippen LogP) is 3.31. The second-order valence-electron chi connectivity index (χ2n) is 3.36. The number of rotatable bonds is 4. The van der Waals surface area contributed by atoms with Crippen molar-refractivity contribution in [3.63, 3.8) is 0 Å². The van der Waals surface area contributed by atoms with Crippen molar-refractivity contribution in [1.29, 1.82) is 0 Å². The molecule has 4 heteroatoms. The van der Waals surface area contributed by atoms with Crippen LogP contribution in [0.4, 0.5) is 10.1 Å². The number of nitrogens with two attached hydrogens (primary N) is 1. The first-order chi connectivity index (χ1) is 7.08. The van der Waals surface area contributed by atoms with E-state index in [1.54, 1.807) is 17.8 Å². The molecule has 0 aliphatic carbocycles. The van der Waals surface area contributed by atoms with Crippen LogP contribution in [-0.2, 0) is 0 Å². The van der Waals surface area contributed by atoms with E-state index < -0.39 is 5.82 Å². The second-order valence-corrected chi connectivity index (χ2v) is 4.84. The minimum atomic E-state index is -0.413. The Kier molecular flexibility index (Phi) is 4.27. The third kappa shape index (κ3) is 3.02. The molecule has 0 amide bonds. The molecule has 84 valence electrons. The quantitative estimate of drug-likeness (QED) is 0.635. The molecule has 0 fully saturated rings. The molecule has 15 heavy (non-hydrogen) atoms. The SMILES string of the molecule is CCC(C)Sc1cc(OC)c(F)cc1N. The lowest BCUT2D eigenvalue weighted by atomic mass is 10.3. The summed E-state index contributed by atoms with van der Waals surface area (Å²) in [5, 5.41) is 0.461. The maximum absolute atomic E-state index is 13.2. The molecule has 0 radical (unpaired) electrons. The molecule has 2 nitrogen and oxygen atoms in total. The maximum Gasteiger partial charge on any atom is 0.167 e. The van der Waals surface area contributed by atoms with Crippen molar-refractivity contribution in [2.45, 2.75) is 30.4 Å². The summed E-state index contributed by atoms with van der Waals surface area (Å²) >= 11 is 1.64.